The van der Waals surface area contributed by atoms with Crippen molar-refractivity contribution in [1.29, 1.82) is 0 Å². The summed E-state index contributed by atoms with van der Waals surface area (Å²) in [4.78, 5) is 35.0. The summed E-state index contributed by atoms with van der Waals surface area (Å²) < 4.78 is 25.0. The molecular formula is C34H50N4O6Si. The van der Waals surface area contributed by atoms with Gasteiger partial charge in [0.15, 0.2) is 8.32 Å². The number of rotatable bonds is 9. The Kier molecular flexibility index (Phi) is 10.2. The lowest BCUT2D eigenvalue weighted by atomic mass is 10.0. The van der Waals surface area contributed by atoms with Gasteiger partial charge < -0.3 is 28.4 Å². The Morgan fingerprint density at radius 3 is 2.13 bits per heavy atom. The van der Waals surface area contributed by atoms with E-state index in [-0.39, 0.29) is 22.7 Å². The maximum Gasteiger partial charge on any atom is 0.410 e. The van der Waals surface area contributed by atoms with Gasteiger partial charge in [0.25, 0.3) is 5.56 Å². The van der Waals surface area contributed by atoms with Crippen LogP contribution in [0.1, 0.15) is 60.4 Å². The van der Waals surface area contributed by atoms with Crippen molar-refractivity contribution in [1.82, 2.24) is 14.5 Å². The molecule has 2 aromatic carbocycles. The van der Waals surface area contributed by atoms with Crippen LogP contribution in [0, 0.1) is 0 Å². The number of carbonyl (C=O) groups excluding carboxylic acids is 1. The Morgan fingerprint density at radius 1 is 0.956 bits per heavy atom. The van der Waals surface area contributed by atoms with Gasteiger partial charge in [0, 0.05) is 55.2 Å². The van der Waals surface area contributed by atoms with Gasteiger partial charge in [-0.2, -0.15) is 0 Å². The van der Waals surface area contributed by atoms with Gasteiger partial charge in [0.1, 0.15) is 17.1 Å². The van der Waals surface area contributed by atoms with E-state index in [0.29, 0.717) is 61.5 Å². The van der Waals surface area contributed by atoms with Gasteiger partial charge in [-0.3, -0.25) is 9.36 Å². The predicted molar refractivity (Wildman–Crippen MR) is 182 cm³/mol. The molecule has 0 unspecified atom stereocenters. The number of hydrogen-bond acceptors (Lipinski definition) is 8. The Hall–Kier alpha value is -3.57. The molecule has 0 radical (unpaired) electrons. The fourth-order valence-electron chi connectivity index (χ4n) is 5.17. The van der Waals surface area contributed by atoms with Gasteiger partial charge in [-0.1, -0.05) is 20.8 Å². The zero-order valence-corrected chi connectivity index (χ0v) is 29.6. The summed E-state index contributed by atoms with van der Waals surface area (Å²) >= 11 is 0. The molecule has 1 aromatic heterocycles. The molecule has 45 heavy (non-hydrogen) atoms. The first-order valence-electron chi connectivity index (χ1n) is 15.7. The summed E-state index contributed by atoms with van der Waals surface area (Å²) in [5, 5.41) is 0.620. The fraction of sp³-hybridized carbons (Fsp3) is 0.559. The molecule has 1 amide bonds. The standard InChI is InChI=1S/C34H50N4O6Si/c1-33(2,3)44-32(40)36-15-13-24(14-16-36)38-23-35-30-12-11-25(21-29(30)31(38)39)37(17-18-43-45(9,10)34(4,5)6)26-19-27(41-7)22-28(20-26)42-8/h11-12,19-24H,13-18H2,1-10H3. The van der Waals surface area contributed by atoms with Crippen molar-refractivity contribution < 1.29 is 23.4 Å². The summed E-state index contributed by atoms with van der Waals surface area (Å²) in [5.41, 5.74) is 1.69. The highest BCUT2D eigenvalue weighted by Gasteiger charge is 2.37. The number of nitrogens with zero attached hydrogens (tertiary/aromatic N) is 4. The molecule has 1 saturated heterocycles. The number of anilines is 2. The van der Waals surface area contributed by atoms with Crippen molar-refractivity contribution >= 4 is 36.7 Å². The lowest BCUT2D eigenvalue weighted by Crippen LogP contribution is -2.43. The molecule has 0 aliphatic carbocycles. The Balaban J connectivity index is 1.65. The van der Waals surface area contributed by atoms with Gasteiger partial charge in [0.05, 0.1) is 38.1 Å². The molecule has 0 saturated carbocycles. The number of aromatic nitrogens is 2. The van der Waals surface area contributed by atoms with Crippen LogP contribution in [-0.2, 0) is 9.16 Å². The van der Waals surface area contributed by atoms with Crippen LogP contribution in [0.25, 0.3) is 10.9 Å². The zero-order valence-electron chi connectivity index (χ0n) is 28.6. The minimum Gasteiger partial charge on any atom is -0.497 e. The highest BCUT2D eigenvalue weighted by atomic mass is 28.4. The number of amides is 1. The lowest BCUT2D eigenvalue weighted by Gasteiger charge is -2.37. The van der Waals surface area contributed by atoms with Crippen molar-refractivity contribution in [3.8, 4) is 11.5 Å². The SMILES string of the molecule is COc1cc(OC)cc(N(CCO[Si](C)(C)C(C)(C)C)c2ccc3ncn(C4CCN(C(=O)OC(C)(C)C)CC4)c(=O)c3c2)c1. The van der Waals surface area contributed by atoms with E-state index in [9.17, 15) is 9.59 Å². The van der Waals surface area contributed by atoms with E-state index < -0.39 is 13.9 Å². The Labute approximate surface area is 268 Å². The minimum atomic E-state index is -1.98. The van der Waals surface area contributed by atoms with E-state index in [1.807, 2.05) is 57.2 Å². The molecule has 0 atom stereocenters. The van der Waals surface area contributed by atoms with Crippen LogP contribution in [0.2, 0.25) is 18.1 Å². The van der Waals surface area contributed by atoms with Crippen molar-refractivity contribution in [3.63, 3.8) is 0 Å². The van der Waals surface area contributed by atoms with Crippen LogP contribution in [0.15, 0.2) is 47.5 Å². The highest BCUT2D eigenvalue weighted by molar-refractivity contribution is 6.74. The van der Waals surface area contributed by atoms with Gasteiger partial charge in [-0.25, -0.2) is 9.78 Å². The van der Waals surface area contributed by atoms with Crippen LogP contribution in [0.3, 0.4) is 0 Å². The first-order valence-corrected chi connectivity index (χ1v) is 18.6. The van der Waals surface area contributed by atoms with Gasteiger partial charge in [-0.05, 0) is 69.9 Å². The molecule has 11 heteroatoms. The molecule has 0 spiro atoms. The number of methoxy groups -OCH3 is 2. The average molecular weight is 639 g/mol. The molecule has 2 heterocycles. The molecule has 3 aromatic rings. The van der Waals surface area contributed by atoms with Crippen LogP contribution in [0.4, 0.5) is 16.2 Å². The smallest absolute Gasteiger partial charge is 0.410 e. The molecule has 10 nitrogen and oxygen atoms in total. The van der Waals surface area contributed by atoms with Gasteiger partial charge >= 0.3 is 6.09 Å². The second-order valence-electron chi connectivity index (χ2n) is 14.2. The number of ether oxygens (including phenoxy) is 3. The highest BCUT2D eigenvalue weighted by Crippen LogP contribution is 2.37. The molecule has 1 fully saturated rings. The second kappa shape index (κ2) is 13.4. The van der Waals surface area contributed by atoms with Crippen molar-refractivity contribution in [3.05, 3.63) is 53.1 Å². The van der Waals surface area contributed by atoms with Gasteiger partial charge in [-0.15, -0.1) is 0 Å². The summed E-state index contributed by atoms with van der Waals surface area (Å²) in [6, 6.07) is 11.5. The third-order valence-electron chi connectivity index (χ3n) is 8.82. The largest absolute Gasteiger partial charge is 0.497 e. The third kappa shape index (κ3) is 8.18. The number of carbonyl (C=O) groups is 1. The van der Waals surface area contributed by atoms with Crippen molar-refractivity contribution in [2.75, 3.05) is 45.4 Å². The summed E-state index contributed by atoms with van der Waals surface area (Å²) in [6.45, 7) is 18.9. The summed E-state index contributed by atoms with van der Waals surface area (Å²) in [6.07, 6.45) is 2.61. The molecule has 246 valence electrons. The predicted octanol–water partition coefficient (Wildman–Crippen LogP) is 7.15. The first-order chi connectivity index (χ1) is 21.0. The maximum absolute atomic E-state index is 13.9. The Morgan fingerprint density at radius 2 is 1.58 bits per heavy atom. The number of piperidine rings is 1. The third-order valence-corrected chi connectivity index (χ3v) is 13.4. The van der Waals surface area contributed by atoms with E-state index in [1.165, 1.54) is 0 Å². The van der Waals surface area contributed by atoms with Gasteiger partial charge in [0.2, 0.25) is 0 Å². The zero-order chi connectivity index (χ0) is 33.2. The molecule has 0 bridgehead atoms. The van der Waals surface area contributed by atoms with Crippen molar-refractivity contribution in [2.24, 2.45) is 0 Å². The van der Waals surface area contributed by atoms with Crippen LogP contribution >= 0.6 is 0 Å². The molecular weight excluding hydrogens is 588 g/mol. The maximum atomic E-state index is 13.9. The Bertz CT molecular complexity index is 1530. The first kappa shape index (κ1) is 34.3. The molecule has 4 rings (SSSR count). The van der Waals surface area contributed by atoms with Crippen molar-refractivity contribution in [2.45, 2.75) is 84.2 Å². The second-order valence-corrected chi connectivity index (χ2v) is 19.0. The van der Waals surface area contributed by atoms with E-state index in [4.69, 9.17) is 18.6 Å². The lowest BCUT2D eigenvalue weighted by molar-refractivity contribution is 0.0187. The minimum absolute atomic E-state index is 0.0616. The summed E-state index contributed by atoms with van der Waals surface area (Å²) in [5.74, 6) is 1.34. The summed E-state index contributed by atoms with van der Waals surface area (Å²) in [7, 11) is 1.28. The fourth-order valence-corrected chi connectivity index (χ4v) is 6.20. The average Bonchev–Trinajstić information content (AvgIpc) is 2.98. The molecule has 0 N–H and O–H groups in total. The van der Waals surface area contributed by atoms with E-state index >= 15 is 0 Å². The van der Waals surface area contributed by atoms with Crippen LogP contribution < -0.4 is 19.9 Å². The monoisotopic (exact) mass is 638 g/mol. The quantitative estimate of drug-likeness (QED) is 0.228. The van der Waals surface area contributed by atoms with Crippen LogP contribution in [0.5, 0.6) is 11.5 Å². The van der Waals surface area contributed by atoms with Crippen LogP contribution in [-0.4, -0.2) is 74.9 Å². The normalized spacial score (nSPS) is 14.8. The molecule has 1 aliphatic heterocycles. The topological polar surface area (TPSA) is 95.4 Å². The number of likely N-dealkylation sites (tertiary alicyclic amines) is 1. The number of hydrogen-bond donors (Lipinski definition) is 0. The number of fused-ring (bicyclic) bond motifs is 1. The number of benzene rings is 2. The van der Waals surface area contributed by atoms with E-state index in [1.54, 1.807) is 30.0 Å². The van der Waals surface area contributed by atoms with E-state index in [0.717, 1.165) is 11.4 Å². The van der Waals surface area contributed by atoms with E-state index in [2.05, 4.69) is 43.7 Å². The molecule has 1 aliphatic rings.